The molecule has 1 amide bonds. The third-order valence-corrected chi connectivity index (χ3v) is 3.60. The van der Waals surface area contributed by atoms with Gasteiger partial charge in [0.2, 0.25) is 0 Å². The molecule has 0 atom stereocenters. The van der Waals surface area contributed by atoms with Gasteiger partial charge in [-0.15, -0.1) is 0 Å². The smallest absolute Gasteiger partial charge is 0.274 e. The third kappa shape index (κ3) is 3.34. The van der Waals surface area contributed by atoms with Gasteiger partial charge in [-0.2, -0.15) is 5.10 Å². The van der Waals surface area contributed by atoms with Crippen molar-refractivity contribution in [3.63, 3.8) is 0 Å². The maximum atomic E-state index is 12.4. The molecule has 0 fully saturated rings. The van der Waals surface area contributed by atoms with Gasteiger partial charge in [0.25, 0.3) is 5.91 Å². The molecule has 3 aromatic heterocycles. The van der Waals surface area contributed by atoms with Crippen LogP contribution in [0.4, 0.5) is 11.5 Å². The number of rotatable bonds is 5. The average molecular weight is 324 g/mol. The number of carbonyl (C=O) groups is 1. The number of H-pyrrole nitrogens is 1. The van der Waals surface area contributed by atoms with Crippen molar-refractivity contribution in [2.45, 2.75) is 13.8 Å². The number of nitrogens with one attached hydrogen (secondary N) is 2. The second-order valence-electron chi connectivity index (χ2n) is 6.10. The van der Waals surface area contributed by atoms with E-state index in [1.807, 2.05) is 19.2 Å². The van der Waals surface area contributed by atoms with Crippen molar-refractivity contribution in [2.24, 2.45) is 5.92 Å². The lowest BCUT2D eigenvalue weighted by atomic mass is 10.2. The molecule has 0 aliphatic carbocycles. The zero-order valence-electron chi connectivity index (χ0n) is 13.9. The van der Waals surface area contributed by atoms with Crippen LogP contribution in [0, 0.1) is 5.92 Å². The van der Waals surface area contributed by atoms with E-state index < -0.39 is 0 Å². The molecule has 0 saturated carbocycles. The number of hydrogen-bond acceptors (Lipinski definition) is 5. The Kier molecular flexibility index (Phi) is 4.41. The molecule has 7 nitrogen and oxygen atoms in total. The normalized spacial score (nSPS) is 11.0. The van der Waals surface area contributed by atoms with Gasteiger partial charge in [0.1, 0.15) is 11.5 Å². The van der Waals surface area contributed by atoms with Crippen LogP contribution in [0.3, 0.4) is 0 Å². The van der Waals surface area contributed by atoms with Crippen LogP contribution in [0.15, 0.2) is 36.7 Å². The minimum Gasteiger partial charge on any atom is -0.359 e. The summed E-state index contributed by atoms with van der Waals surface area (Å²) in [6.07, 6.45) is 3.25. The average Bonchev–Trinajstić information content (AvgIpc) is 2.98. The maximum Gasteiger partial charge on any atom is 0.274 e. The maximum absolute atomic E-state index is 12.4. The van der Waals surface area contributed by atoms with E-state index in [4.69, 9.17) is 0 Å². The lowest BCUT2D eigenvalue weighted by molar-refractivity contribution is 0.102. The van der Waals surface area contributed by atoms with Crippen LogP contribution in [-0.2, 0) is 0 Å². The zero-order valence-corrected chi connectivity index (χ0v) is 13.9. The molecule has 0 saturated heterocycles. The summed E-state index contributed by atoms with van der Waals surface area (Å²) in [5.41, 5.74) is 1.61. The van der Waals surface area contributed by atoms with Gasteiger partial charge >= 0.3 is 0 Å². The summed E-state index contributed by atoms with van der Waals surface area (Å²) in [7, 11) is 2.00. The van der Waals surface area contributed by atoms with E-state index in [0.29, 0.717) is 28.3 Å². The van der Waals surface area contributed by atoms with Crippen molar-refractivity contribution in [1.82, 2.24) is 20.2 Å². The second kappa shape index (κ2) is 6.66. The van der Waals surface area contributed by atoms with Gasteiger partial charge in [0.15, 0.2) is 5.65 Å². The van der Waals surface area contributed by atoms with Crippen LogP contribution in [0.1, 0.15) is 24.3 Å². The SMILES string of the molecule is CC(C)CN(C)c1ccc2c(C(=O)Nc3ccncc3)[nH]nc2n1. The van der Waals surface area contributed by atoms with Gasteiger partial charge in [-0.25, -0.2) is 4.98 Å². The van der Waals surface area contributed by atoms with Crippen molar-refractivity contribution in [1.29, 1.82) is 0 Å². The van der Waals surface area contributed by atoms with Crippen LogP contribution >= 0.6 is 0 Å². The molecule has 0 aliphatic rings. The summed E-state index contributed by atoms with van der Waals surface area (Å²) in [6.45, 7) is 5.22. The Morgan fingerprint density at radius 1 is 1.25 bits per heavy atom. The monoisotopic (exact) mass is 324 g/mol. The van der Waals surface area contributed by atoms with Gasteiger partial charge in [-0.05, 0) is 30.2 Å². The van der Waals surface area contributed by atoms with Crippen molar-refractivity contribution >= 4 is 28.4 Å². The first kappa shape index (κ1) is 15.9. The molecule has 0 aromatic carbocycles. The Bertz CT molecular complexity index is 843. The Balaban J connectivity index is 1.84. The molecule has 2 N–H and O–H groups in total. The number of fused-ring (bicyclic) bond motifs is 1. The molecular formula is C17H20N6O. The van der Waals surface area contributed by atoms with E-state index in [1.54, 1.807) is 24.5 Å². The zero-order chi connectivity index (χ0) is 17.1. The summed E-state index contributed by atoms with van der Waals surface area (Å²) in [5.74, 6) is 1.12. The Morgan fingerprint density at radius 3 is 2.71 bits per heavy atom. The number of carbonyl (C=O) groups excluding carboxylic acids is 1. The van der Waals surface area contributed by atoms with Crippen LogP contribution in [0.5, 0.6) is 0 Å². The molecule has 3 rings (SSSR count). The topological polar surface area (TPSA) is 86.8 Å². The number of nitrogens with zero attached hydrogens (tertiary/aromatic N) is 4. The Hall–Kier alpha value is -2.96. The fraction of sp³-hybridized carbons (Fsp3) is 0.294. The largest absolute Gasteiger partial charge is 0.359 e. The lowest BCUT2D eigenvalue weighted by Gasteiger charge is -2.20. The molecule has 24 heavy (non-hydrogen) atoms. The Labute approximate surface area is 140 Å². The van der Waals surface area contributed by atoms with Crippen molar-refractivity contribution in [3.8, 4) is 0 Å². The molecular weight excluding hydrogens is 304 g/mol. The minimum absolute atomic E-state index is 0.256. The molecule has 3 aromatic rings. The van der Waals surface area contributed by atoms with Gasteiger partial charge in [-0.1, -0.05) is 13.8 Å². The Morgan fingerprint density at radius 2 is 2.00 bits per heavy atom. The van der Waals surface area contributed by atoms with E-state index in [-0.39, 0.29) is 5.91 Å². The molecule has 0 aliphatic heterocycles. The van der Waals surface area contributed by atoms with Crippen molar-refractivity contribution in [2.75, 3.05) is 23.8 Å². The third-order valence-electron chi connectivity index (χ3n) is 3.60. The number of pyridine rings is 2. The predicted molar refractivity (Wildman–Crippen MR) is 94.2 cm³/mol. The molecule has 0 bridgehead atoms. The lowest BCUT2D eigenvalue weighted by Crippen LogP contribution is -2.23. The van der Waals surface area contributed by atoms with E-state index in [9.17, 15) is 4.79 Å². The van der Waals surface area contributed by atoms with E-state index >= 15 is 0 Å². The minimum atomic E-state index is -0.256. The first-order valence-corrected chi connectivity index (χ1v) is 7.82. The summed E-state index contributed by atoms with van der Waals surface area (Å²) >= 11 is 0. The molecule has 124 valence electrons. The first-order chi connectivity index (χ1) is 11.5. The molecule has 3 heterocycles. The van der Waals surface area contributed by atoms with Gasteiger partial charge in [-0.3, -0.25) is 14.9 Å². The molecule has 0 radical (unpaired) electrons. The highest BCUT2D eigenvalue weighted by Crippen LogP contribution is 2.20. The fourth-order valence-electron chi connectivity index (χ4n) is 2.54. The van der Waals surface area contributed by atoms with Crippen LogP contribution in [0.25, 0.3) is 11.0 Å². The first-order valence-electron chi connectivity index (χ1n) is 7.82. The highest BCUT2D eigenvalue weighted by atomic mass is 16.1. The number of amides is 1. The van der Waals surface area contributed by atoms with Crippen molar-refractivity contribution < 1.29 is 4.79 Å². The summed E-state index contributed by atoms with van der Waals surface area (Å²) in [6, 6.07) is 7.24. The fourth-order valence-corrected chi connectivity index (χ4v) is 2.54. The van der Waals surface area contributed by atoms with Crippen LogP contribution in [-0.4, -0.2) is 39.7 Å². The highest BCUT2D eigenvalue weighted by molar-refractivity contribution is 6.10. The summed E-state index contributed by atoms with van der Waals surface area (Å²) < 4.78 is 0. The van der Waals surface area contributed by atoms with Crippen LogP contribution in [0.2, 0.25) is 0 Å². The van der Waals surface area contributed by atoms with Gasteiger partial charge in [0.05, 0.1) is 5.39 Å². The molecule has 0 unspecified atom stereocenters. The summed E-state index contributed by atoms with van der Waals surface area (Å²) in [4.78, 5) is 22.9. The van der Waals surface area contributed by atoms with Gasteiger partial charge < -0.3 is 10.2 Å². The van der Waals surface area contributed by atoms with Gasteiger partial charge in [0, 0.05) is 31.7 Å². The predicted octanol–water partition coefficient (Wildman–Crippen LogP) is 2.70. The second-order valence-corrected chi connectivity index (χ2v) is 6.10. The quantitative estimate of drug-likeness (QED) is 0.753. The molecule has 7 heteroatoms. The standard InChI is InChI=1S/C17H20N6O/c1-11(2)10-23(3)14-5-4-13-15(21-22-16(13)20-14)17(24)19-12-6-8-18-9-7-12/h4-9,11H,10H2,1-3H3,(H,18,19,24)(H,20,21,22). The van der Waals surface area contributed by atoms with E-state index in [0.717, 1.165) is 12.4 Å². The van der Waals surface area contributed by atoms with Crippen molar-refractivity contribution in [3.05, 3.63) is 42.4 Å². The number of aromatic nitrogens is 4. The van der Waals surface area contributed by atoms with E-state index in [2.05, 4.69) is 44.2 Å². The summed E-state index contributed by atoms with van der Waals surface area (Å²) in [5, 5.41) is 10.5. The number of aromatic amines is 1. The molecule has 0 spiro atoms. The number of hydrogen-bond donors (Lipinski definition) is 2. The highest BCUT2D eigenvalue weighted by Gasteiger charge is 2.16. The van der Waals surface area contributed by atoms with E-state index in [1.165, 1.54) is 0 Å². The number of anilines is 2. The van der Waals surface area contributed by atoms with Crippen LogP contribution < -0.4 is 10.2 Å².